The molecule has 7 heteroatoms. The highest BCUT2D eigenvalue weighted by Crippen LogP contribution is 2.32. The zero-order valence-corrected chi connectivity index (χ0v) is 9.87. The number of aromatic nitrogens is 2. The Morgan fingerprint density at radius 1 is 1.62 bits per heavy atom. The molecule has 2 rings (SSSR count). The normalized spacial score (nSPS) is 19.4. The van der Waals surface area contributed by atoms with Crippen LogP contribution in [-0.4, -0.2) is 35.5 Å². The van der Waals surface area contributed by atoms with Crippen molar-refractivity contribution in [1.82, 2.24) is 14.5 Å². The Morgan fingerprint density at radius 2 is 2.31 bits per heavy atom. The monoisotopic (exact) mass is 245 g/mol. The van der Waals surface area contributed by atoms with Crippen molar-refractivity contribution >= 4 is 10.0 Å². The molecule has 1 heterocycles. The quantitative estimate of drug-likeness (QED) is 0.757. The van der Waals surface area contributed by atoms with Gasteiger partial charge in [0.25, 0.3) is 10.0 Å². The predicted molar refractivity (Wildman–Crippen MR) is 57.2 cm³/mol. The molecule has 0 amide bonds. The molecule has 0 aromatic carbocycles. The van der Waals surface area contributed by atoms with Crippen LogP contribution in [0.25, 0.3) is 0 Å². The van der Waals surface area contributed by atoms with Crippen LogP contribution in [0.3, 0.4) is 0 Å². The van der Waals surface area contributed by atoms with Crippen molar-refractivity contribution in [2.24, 2.45) is 7.05 Å². The first kappa shape index (κ1) is 11.6. The molecule has 1 fully saturated rings. The zero-order valence-electron chi connectivity index (χ0n) is 9.05. The van der Waals surface area contributed by atoms with Crippen molar-refractivity contribution < 1.29 is 13.5 Å². The fourth-order valence-corrected chi connectivity index (χ4v) is 3.44. The van der Waals surface area contributed by atoms with Gasteiger partial charge in [-0.2, -0.15) is 5.10 Å². The van der Waals surface area contributed by atoms with E-state index in [0.717, 1.165) is 6.42 Å². The minimum absolute atomic E-state index is 0.118. The van der Waals surface area contributed by atoms with Gasteiger partial charge >= 0.3 is 0 Å². The first-order valence-electron chi connectivity index (χ1n) is 5.12. The first-order chi connectivity index (χ1) is 7.49. The average Bonchev–Trinajstić information content (AvgIpc) is 2.59. The molecule has 1 aliphatic carbocycles. The lowest BCUT2D eigenvalue weighted by molar-refractivity contribution is 0.110. The second kappa shape index (κ2) is 3.83. The smallest absolute Gasteiger partial charge is 0.258 e. The zero-order chi connectivity index (χ0) is 11.8. The van der Waals surface area contributed by atoms with E-state index < -0.39 is 15.6 Å². The molecule has 1 saturated carbocycles. The molecule has 0 bridgehead atoms. The van der Waals surface area contributed by atoms with Gasteiger partial charge in [0.05, 0.1) is 18.3 Å². The summed E-state index contributed by atoms with van der Waals surface area (Å²) in [5.74, 6) is 0. The second-order valence-corrected chi connectivity index (χ2v) is 5.82. The van der Waals surface area contributed by atoms with E-state index in [1.807, 2.05) is 0 Å². The van der Waals surface area contributed by atoms with E-state index in [4.69, 9.17) is 0 Å². The fraction of sp³-hybridized carbons (Fsp3) is 0.667. The molecule has 1 aromatic rings. The summed E-state index contributed by atoms with van der Waals surface area (Å²) in [6.45, 7) is -0.163. The van der Waals surface area contributed by atoms with E-state index in [1.165, 1.54) is 16.9 Å². The van der Waals surface area contributed by atoms with Gasteiger partial charge in [-0.1, -0.05) is 0 Å². The summed E-state index contributed by atoms with van der Waals surface area (Å²) in [7, 11) is -2.02. The van der Waals surface area contributed by atoms with Crippen LogP contribution in [0, 0.1) is 0 Å². The summed E-state index contributed by atoms with van der Waals surface area (Å²) in [6.07, 6.45) is 3.73. The van der Waals surface area contributed by atoms with E-state index in [-0.39, 0.29) is 11.6 Å². The molecule has 0 saturated heterocycles. The third kappa shape index (κ3) is 1.85. The second-order valence-electron chi connectivity index (χ2n) is 4.19. The molecule has 0 spiro atoms. The molecular weight excluding hydrogens is 230 g/mol. The van der Waals surface area contributed by atoms with Crippen molar-refractivity contribution in [3.63, 3.8) is 0 Å². The summed E-state index contributed by atoms with van der Waals surface area (Å²) in [5, 5.41) is 13.2. The van der Waals surface area contributed by atoms with Crippen molar-refractivity contribution in [3.05, 3.63) is 12.3 Å². The average molecular weight is 245 g/mol. The number of rotatable bonds is 4. The lowest BCUT2D eigenvalue weighted by Crippen LogP contribution is -2.56. The highest BCUT2D eigenvalue weighted by Gasteiger charge is 2.40. The molecular formula is C9H15N3O3S. The van der Waals surface area contributed by atoms with E-state index in [0.29, 0.717) is 12.8 Å². The third-order valence-electron chi connectivity index (χ3n) is 3.02. The van der Waals surface area contributed by atoms with Crippen molar-refractivity contribution in [1.29, 1.82) is 0 Å². The van der Waals surface area contributed by atoms with Crippen molar-refractivity contribution in [3.8, 4) is 0 Å². The number of aliphatic hydroxyl groups excluding tert-OH is 1. The van der Waals surface area contributed by atoms with Gasteiger partial charge in [-0.25, -0.2) is 13.1 Å². The maximum Gasteiger partial charge on any atom is 0.258 e. The molecule has 0 radical (unpaired) electrons. The summed E-state index contributed by atoms with van der Waals surface area (Å²) >= 11 is 0. The van der Waals surface area contributed by atoms with E-state index in [2.05, 4.69) is 9.82 Å². The van der Waals surface area contributed by atoms with Gasteiger partial charge in [-0.05, 0) is 25.3 Å². The molecule has 16 heavy (non-hydrogen) atoms. The maximum absolute atomic E-state index is 12.0. The van der Waals surface area contributed by atoms with Gasteiger partial charge in [0.2, 0.25) is 0 Å². The molecule has 6 nitrogen and oxygen atoms in total. The molecule has 0 atom stereocenters. The Balaban J connectivity index is 2.24. The molecule has 0 unspecified atom stereocenters. The predicted octanol–water partition coefficient (Wildman–Crippen LogP) is -0.387. The lowest BCUT2D eigenvalue weighted by Gasteiger charge is -2.40. The van der Waals surface area contributed by atoms with Crippen LogP contribution in [0.2, 0.25) is 0 Å². The topological polar surface area (TPSA) is 84.2 Å². The SMILES string of the molecule is Cn1nccc1S(=O)(=O)NC1(CO)CCC1. The number of sulfonamides is 1. The van der Waals surface area contributed by atoms with E-state index in [1.54, 1.807) is 7.05 Å². The van der Waals surface area contributed by atoms with E-state index in [9.17, 15) is 13.5 Å². The molecule has 2 N–H and O–H groups in total. The Morgan fingerprint density at radius 3 is 2.69 bits per heavy atom. The van der Waals surface area contributed by atoms with Gasteiger partial charge < -0.3 is 5.11 Å². The van der Waals surface area contributed by atoms with Crippen LogP contribution < -0.4 is 4.72 Å². The van der Waals surface area contributed by atoms with Gasteiger partial charge in [-0.15, -0.1) is 0 Å². The van der Waals surface area contributed by atoms with Gasteiger partial charge in [-0.3, -0.25) is 4.68 Å². The largest absolute Gasteiger partial charge is 0.394 e. The Labute approximate surface area is 94.3 Å². The summed E-state index contributed by atoms with van der Waals surface area (Å²) in [5.41, 5.74) is -0.664. The summed E-state index contributed by atoms with van der Waals surface area (Å²) < 4.78 is 27.9. The minimum Gasteiger partial charge on any atom is -0.394 e. The number of aliphatic hydroxyl groups is 1. The van der Waals surface area contributed by atoms with Gasteiger partial charge in [0.15, 0.2) is 5.03 Å². The van der Waals surface area contributed by atoms with Crippen molar-refractivity contribution in [2.45, 2.75) is 29.8 Å². The van der Waals surface area contributed by atoms with E-state index >= 15 is 0 Å². The molecule has 90 valence electrons. The maximum atomic E-state index is 12.0. The van der Waals surface area contributed by atoms with Gasteiger partial charge in [0.1, 0.15) is 0 Å². The van der Waals surface area contributed by atoms with Crippen LogP contribution in [0.5, 0.6) is 0 Å². The Hall–Kier alpha value is -0.920. The number of hydrogen-bond acceptors (Lipinski definition) is 4. The van der Waals surface area contributed by atoms with Crippen molar-refractivity contribution in [2.75, 3.05) is 6.61 Å². The summed E-state index contributed by atoms with van der Waals surface area (Å²) in [4.78, 5) is 0. The number of nitrogens with one attached hydrogen (secondary N) is 1. The first-order valence-corrected chi connectivity index (χ1v) is 6.60. The number of aryl methyl sites for hydroxylation is 1. The minimum atomic E-state index is -3.59. The van der Waals surface area contributed by atoms with Crippen LogP contribution in [0.4, 0.5) is 0 Å². The molecule has 1 aliphatic rings. The molecule has 1 aromatic heterocycles. The van der Waals surface area contributed by atoms with Crippen LogP contribution in [0.1, 0.15) is 19.3 Å². The van der Waals surface area contributed by atoms with Crippen LogP contribution in [0.15, 0.2) is 17.3 Å². The molecule has 0 aliphatic heterocycles. The standard InChI is InChI=1S/C9H15N3O3S/c1-12-8(3-6-10-12)16(14,15)11-9(7-13)4-2-5-9/h3,6,11,13H,2,4-5,7H2,1H3. The highest BCUT2D eigenvalue weighted by atomic mass is 32.2. The number of nitrogens with zero attached hydrogens (tertiary/aromatic N) is 2. The fourth-order valence-electron chi connectivity index (χ4n) is 1.86. The lowest BCUT2D eigenvalue weighted by atomic mass is 9.78. The van der Waals surface area contributed by atoms with Gasteiger partial charge in [0, 0.05) is 7.05 Å². The van der Waals surface area contributed by atoms with Crippen LogP contribution in [-0.2, 0) is 17.1 Å². The van der Waals surface area contributed by atoms with Crippen LogP contribution >= 0.6 is 0 Å². The Kier molecular flexibility index (Phi) is 2.77. The third-order valence-corrected chi connectivity index (χ3v) is 4.67. The number of hydrogen-bond donors (Lipinski definition) is 2. The Bertz CT molecular complexity index is 470. The summed E-state index contributed by atoms with van der Waals surface area (Å²) in [6, 6.07) is 1.44. The highest BCUT2D eigenvalue weighted by molar-refractivity contribution is 7.89.